The maximum Gasteiger partial charge on any atom is 0.429 e. The van der Waals surface area contributed by atoms with Crippen LogP contribution >= 0.6 is 0 Å². The van der Waals surface area contributed by atoms with E-state index in [0.29, 0.717) is 11.4 Å². The molecule has 0 saturated carbocycles. The van der Waals surface area contributed by atoms with Crippen LogP contribution in [0.1, 0.15) is 27.7 Å². The molecule has 0 bridgehead atoms. The van der Waals surface area contributed by atoms with Crippen LogP contribution in [-0.2, 0) is 0 Å². The fourth-order valence-corrected chi connectivity index (χ4v) is 1.66. The van der Waals surface area contributed by atoms with Crippen molar-refractivity contribution in [1.29, 1.82) is 0 Å². The van der Waals surface area contributed by atoms with Gasteiger partial charge in [-0.1, -0.05) is 13.8 Å². The van der Waals surface area contributed by atoms with Crippen LogP contribution in [-0.4, -0.2) is 28.3 Å². The molecule has 2 aromatic rings. The lowest BCUT2D eigenvalue weighted by Gasteiger charge is -2.06. The first kappa shape index (κ1) is 24.8. The Bertz CT molecular complexity index is 819. The average molecular weight is 398 g/mol. The van der Waals surface area contributed by atoms with E-state index in [0.717, 1.165) is 13.0 Å². The largest absolute Gasteiger partial charge is 0.508 e. The van der Waals surface area contributed by atoms with Gasteiger partial charge < -0.3 is 21.7 Å². The standard InChI is InChI=1S/C9H9F3N2O.C8H10N2O.C2H6/c1-5(9(10,11)12)14-8-4-6(15)2-3-7(8)13;1-2-10-8-5-6(11)3-4-7(8)9;1-2/h2-4,15H,13H2,1H3;2-5,11H,9H2,1H3;1-2H3. The van der Waals surface area contributed by atoms with Crippen molar-refractivity contribution >= 4 is 34.7 Å². The first-order chi connectivity index (χ1) is 13.0. The molecule has 9 heteroatoms. The Hall–Kier alpha value is -3.23. The van der Waals surface area contributed by atoms with Crippen LogP contribution in [0.2, 0.25) is 0 Å². The molecule has 0 aliphatic carbocycles. The molecule has 0 spiro atoms. The van der Waals surface area contributed by atoms with Gasteiger partial charge in [-0.2, -0.15) is 13.2 Å². The first-order valence-electron chi connectivity index (χ1n) is 8.32. The number of nitrogens with zero attached hydrogens (tertiary/aromatic N) is 2. The Balaban J connectivity index is 0.000000497. The highest BCUT2D eigenvalue weighted by Crippen LogP contribution is 2.29. The van der Waals surface area contributed by atoms with E-state index < -0.39 is 11.9 Å². The third-order valence-electron chi connectivity index (χ3n) is 2.99. The molecule has 154 valence electrons. The van der Waals surface area contributed by atoms with Gasteiger partial charge in [0.05, 0.1) is 22.7 Å². The van der Waals surface area contributed by atoms with Gasteiger partial charge in [0, 0.05) is 18.3 Å². The van der Waals surface area contributed by atoms with E-state index in [4.69, 9.17) is 21.7 Å². The van der Waals surface area contributed by atoms with Crippen molar-refractivity contribution in [3.63, 3.8) is 0 Å². The van der Waals surface area contributed by atoms with Crippen molar-refractivity contribution in [3.05, 3.63) is 36.4 Å². The minimum absolute atomic E-state index is 0.0800. The van der Waals surface area contributed by atoms with Gasteiger partial charge in [0.15, 0.2) is 0 Å². The fourth-order valence-electron chi connectivity index (χ4n) is 1.66. The number of nitrogens with two attached hydrogens (primary N) is 2. The Morgan fingerprint density at radius 2 is 1.36 bits per heavy atom. The lowest BCUT2D eigenvalue weighted by atomic mass is 10.2. The molecule has 2 aromatic carbocycles. The third kappa shape index (κ3) is 8.43. The predicted molar refractivity (Wildman–Crippen MR) is 109 cm³/mol. The minimum Gasteiger partial charge on any atom is -0.508 e. The van der Waals surface area contributed by atoms with Crippen LogP contribution in [0.4, 0.5) is 35.9 Å². The number of benzene rings is 2. The van der Waals surface area contributed by atoms with Gasteiger partial charge in [-0.25, -0.2) is 4.99 Å². The van der Waals surface area contributed by atoms with Crippen molar-refractivity contribution in [2.24, 2.45) is 9.98 Å². The van der Waals surface area contributed by atoms with Crippen LogP contribution in [0.25, 0.3) is 0 Å². The normalized spacial score (nSPS) is 11.3. The summed E-state index contributed by atoms with van der Waals surface area (Å²) < 4.78 is 36.4. The highest BCUT2D eigenvalue weighted by atomic mass is 19.4. The summed E-state index contributed by atoms with van der Waals surface area (Å²) in [4.78, 5) is 7.25. The van der Waals surface area contributed by atoms with Crippen LogP contribution in [0.15, 0.2) is 46.4 Å². The van der Waals surface area contributed by atoms with Gasteiger partial charge in [-0.05, 0) is 38.1 Å². The average Bonchev–Trinajstić information content (AvgIpc) is 2.63. The van der Waals surface area contributed by atoms with E-state index in [1.807, 2.05) is 13.8 Å². The van der Waals surface area contributed by atoms with Crippen molar-refractivity contribution in [2.75, 3.05) is 11.5 Å². The number of phenols is 2. The summed E-state index contributed by atoms with van der Waals surface area (Å²) in [7, 11) is 0. The molecule has 0 aromatic heterocycles. The zero-order chi connectivity index (χ0) is 21.9. The number of alkyl halides is 3. The van der Waals surface area contributed by atoms with Gasteiger partial charge in [-0.3, -0.25) is 4.99 Å². The van der Waals surface area contributed by atoms with Crippen molar-refractivity contribution in [3.8, 4) is 11.5 Å². The Morgan fingerprint density at radius 3 is 1.79 bits per heavy atom. The molecule has 6 N–H and O–H groups in total. The molecule has 0 saturated heterocycles. The van der Waals surface area contributed by atoms with Crippen molar-refractivity contribution in [1.82, 2.24) is 0 Å². The number of rotatable bonds is 2. The molecular weight excluding hydrogens is 373 g/mol. The number of aromatic hydroxyl groups is 2. The number of phenolic OH excluding ortho intramolecular Hbond substituents is 2. The summed E-state index contributed by atoms with van der Waals surface area (Å²) in [5, 5.41) is 18.1. The van der Waals surface area contributed by atoms with Crippen LogP contribution in [0.5, 0.6) is 11.5 Å². The van der Waals surface area contributed by atoms with E-state index in [9.17, 15) is 13.2 Å². The van der Waals surface area contributed by atoms with Crippen LogP contribution < -0.4 is 11.5 Å². The number of hydrogen-bond donors (Lipinski definition) is 4. The zero-order valence-electron chi connectivity index (χ0n) is 16.1. The SMILES string of the molecule is CC.CC(=Nc1cc(O)ccc1N)C(F)(F)F.CC=Nc1cc(O)ccc1N. The van der Waals surface area contributed by atoms with Gasteiger partial charge in [0.25, 0.3) is 0 Å². The third-order valence-corrected chi connectivity index (χ3v) is 2.99. The molecule has 6 nitrogen and oxygen atoms in total. The molecular formula is C19H25F3N4O2. The van der Waals surface area contributed by atoms with E-state index in [-0.39, 0.29) is 22.9 Å². The summed E-state index contributed by atoms with van der Waals surface area (Å²) in [5.41, 5.74) is 11.1. The Kier molecular flexibility index (Phi) is 10.2. The smallest absolute Gasteiger partial charge is 0.429 e. The topological polar surface area (TPSA) is 117 Å². The van der Waals surface area contributed by atoms with Gasteiger partial charge >= 0.3 is 6.18 Å². The van der Waals surface area contributed by atoms with E-state index >= 15 is 0 Å². The molecule has 2 rings (SSSR count). The molecule has 0 radical (unpaired) electrons. The summed E-state index contributed by atoms with van der Waals surface area (Å²) in [5.74, 6) is -0.00211. The van der Waals surface area contributed by atoms with Crippen LogP contribution in [0.3, 0.4) is 0 Å². The number of halogens is 3. The molecule has 28 heavy (non-hydrogen) atoms. The molecule has 0 heterocycles. The molecule has 0 amide bonds. The molecule has 0 aliphatic heterocycles. The maximum absolute atomic E-state index is 12.1. The summed E-state index contributed by atoms with van der Waals surface area (Å²) in [6.07, 6.45) is -2.86. The number of hydrogen-bond acceptors (Lipinski definition) is 6. The highest BCUT2D eigenvalue weighted by molar-refractivity contribution is 5.91. The van der Waals surface area contributed by atoms with E-state index in [2.05, 4.69) is 9.98 Å². The lowest BCUT2D eigenvalue weighted by molar-refractivity contribution is -0.0591. The number of anilines is 2. The monoisotopic (exact) mass is 398 g/mol. The minimum atomic E-state index is -4.49. The second-order valence-corrected chi connectivity index (χ2v) is 5.07. The predicted octanol–water partition coefficient (Wildman–Crippen LogP) is 5.35. The summed E-state index contributed by atoms with van der Waals surface area (Å²) in [6.45, 7) is 6.63. The van der Waals surface area contributed by atoms with E-state index in [1.54, 1.807) is 19.2 Å². The maximum atomic E-state index is 12.1. The van der Waals surface area contributed by atoms with Gasteiger partial charge in [0.1, 0.15) is 17.2 Å². The molecule has 0 aliphatic rings. The van der Waals surface area contributed by atoms with Gasteiger partial charge in [-0.15, -0.1) is 0 Å². The lowest BCUT2D eigenvalue weighted by Crippen LogP contribution is -2.18. The Morgan fingerprint density at radius 1 is 0.929 bits per heavy atom. The van der Waals surface area contributed by atoms with Gasteiger partial charge in [0.2, 0.25) is 0 Å². The van der Waals surface area contributed by atoms with Crippen molar-refractivity contribution < 1.29 is 23.4 Å². The number of aliphatic imine (C=N–C) groups is 2. The quantitative estimate of drug-likeness (QED) is 0.310. The zero-order valence-corrected chi connectivity index (χ0v) is 16.1. The van der Waals surface area contributed by atoms with Crippen LogP contribution in [0, 0.1) is 0 Å². The van der Waals surface area contributed by atoms with E-state index in [1.165, 1.54) is 24.3 Å². The summed E-state index contributed by atoms with van der Waals surface area (Å²) in [6, 6.07) is 8.32. The molecule has 0 fully saturated rings. The molecule has 0 atom stereocenters. The second-order valence-electron chi connectivity index (χ2n) is 5.07. The summed E-state index contributed by atoms with van der Waals surface area (Å²) >= 11 is 0. The fraction of sp³-hybridized carbons (Fsp3) is 0.263. The molecule has 0 unspecified atom stereocenters. The second kappa shape index (κ2) is 11.5. The number of nitrogen functional groups attached to an aromatic ring is 2. The highest BCUT2D eigenvalue weighted by Gasteiger charge is 2.32. The van der Waals surface area contributed by atoms with Crippen molar-refractivity contribution in [2.45, 2.75) is 33.9 Å². The Labute approximate surface area is 162 Å². The first-order valence-corrected chi connectivity index (χ1v) is 8.32.